The van der Waals surface area contributed by atoms with Crippen LogP contribution in [0, 0.1) is 0 Å². The SMILES string of the molecule is CC1(C)c2ccccc2-c2cc3c4ccc(-c5ccc6oc7cc8c(cc7c6c5)c5ccccc5n8-c5ccccc5)cc4n(-c4cccc(-c5nc(-c6ccccc6)[n-][n+]5Cc5ccccc5)c4)c3cc21. The molecule has 15 rings (SSSR count). The van der Waals surface area contributed by atoms with Gasteiger partial charge in [-0.25, -0.2) is 9.78 Å². The molecule has 0 radical (unpaired) electrons. The molecule has 6 heteroatoms. The molecule has 0 unspecified atom stereocenters. The zero-order valence-electron chi connectivity index (χ0n) is 39.7. The van der Waals surface area contributed by atoms with Gasteiger partial charge in [0.25, 0.3) is 0 Å². The molecule has 340 valence electrons. The Kier molecular flexibility index (Phi) is 8.67. The Bertz CT molecular complexity index is 4500. The summed E-state index contributed by atoms with van der Waals surface area (Å²) in [5.74, 6) is 1.53. The average Bonchev–Trinajstić information content (AvgIpc) is 4.23. The van der Waals surface area contributed by atoms with Crippen molar-refractivity contribution in [3.05, 3.63) is 241 Å². The molecule has 10 aromatic carbocycles. The third-order valence-electron chi connectivity index (χ3n) is 15.3. The molecule has 0 N–H and O–H groups in total. The Hall–Kier alpha value is -9.26. The summed E-state index contributed by atoms with van der Waals surface area (Å²) >= 11 is 0. The van der Waals surface area contributed by atoms with Gasteiger partial charge in [-0.1, -0.05) is 159 Å². The average molecular weight is 924 g/mol. The minimum Gasteiger partial charge on any atom is -0.456 e. The molecule has 6 nitrogen and oxygen atoms in total. The van der Waals surface area contributed by atoms with Gasteiger partial charge >= 0.3 is 5.82 Å². The van der Waals surface area contributed by atoms with Crippen molar-refractivity contribution in [3.8, 4) is 56.4 Å². The van der Waals surface area contributed by atoms with Crippen LogP contribution in [0.3, 0.4) is 0 Å². The van der Waals surface area contributed by atoms with Gasteiger partial charge in [0.15, 0.2) is 0 Å². The largest absolute Gasteiger partial charge is 0.456 e. The zero-order chi connectivity index (χ0) is 47.7. The topological polar surface area (TPSA) is 53.9 Å². The molecule has 0 atom stereocenters. The van der Waals surface area contributed by atoms with Gasteiger partial charge in [-0.15, -0.1) is 0 Å². The van der Waals surface area contributed by atoms with Gasteiger partial charge in [0.05, 0.1) is 27.6 Å². The van der Waals surface area contributed by atoms with Crippen molar-refractivity contribution in [2.75, 3.05) is 0 Å². The van der Waals surface area contributed by atoms with E-state index >= 15 is 0 Å². The number of benzene rings is 10. The van der Waals surface area contributed by atoms with Gasteiger partial charge in [0.2, 0.25) is 5.82 Å². The normalized spacial score (nSPS) is 13.0. The van der Waals surface area contributed by atoms with Gasteiger partial charge in [0.1, 0.15) is 17.7 Å². The lowest BCUT2D eigenvalue weighted by molar-refractivity contribution is -0.737. The lowest BCUT2D eigenvalue weighted by atomic mass is 9.82. The van der Waals surface area contributed by atoms with Crippen LogP contribution in [-0.4, -0.2) is 14.1 Å². The number of furan rings is 1. The highest BCUT2D eigenvalue weighted by Crippen LogP contribution is 2.51. The first kappa shape index (κ1) is 40.6. The first-order valence-corrected chi connectivity index (χ1v) is 24.8. The molecule has 4 aromatic heterocycles. The van der Waals surface area contributed by atoms with Crippen molar-refractivity contribution in [2.45, 2.75) is 25.8 Å². The van der Waals surface area contributed by atoms with Crippen LogP contribution in [0.15, 0.2) is 229 Å². The van der Waals surface area contributed by atoms with E-state index < -0.39 is 0 Å². The fraction of sp³-hybridized carbons (Fsp3) is 0.0606. The summed E-state index contributed by atoms with van der Waals surface area (Å²) in [5.41, 5.74) is 19.1. The summed E-state index contributed by atoms with van der Waals surface area (Å²) in [7, 11) is 0. The van der Waals surface area contributed by atoms with Gasteiger partial charge in [-0.05, 0) is 117 Å². The van der Waals surface area contributed by atoms with Crippen LogP contribution in [0.4, 0.5) is 0 Å². The molecular weight excluding hydrogens is 879 g/mol. The van der Waals surface area contributed by atoms with E-state index in [2.05, 4.69) is 234 Å². The lowest BCUT2D eigenvalue weighted by Gasteiger charge is -2.21. The second-order valence-electron chi connectivity index (χ2n) is 19.8. The van der Waals surface area contributed by atoms with Crippen molar-refractivity contribution < 1.29 is 9.10 Å². The smallest absolute Gasteiger partial charge is 0.334 e. The number of rotatable bonds is 7. The van der Waals surface area contributed by atoms with Crippen LogP contribution < -0.4 is 9.78 Å². The molecule has 0 amide bonds. The fourth-order valence-electron chi connectivity index (χ4n) is 11.9. The lowest BCUT2D eigenvalue weighted by Crippen LogP contribution is -2.40. The summed E-state index contributed by atoms with van der Waals surface area (Å²) in [6, 6.07) is 81.0. The van der Waals surface area contributed by atoms with Crippen molar-refractivity contribution in [1.82, 2.24) is 19.2 Å². The van der Waals surface area contributed by atoms with E-state index in [1.54, 1.807) is 0 Å². The van der Waals surface area contributed by atoms with E-state index in [9.17, 15) is 0 Å². The molecule has 1 aliphatic rings. The number of hydrogen-bond donors (Lipinski definition) is 0. The maximum absolute atomic E-state index is 6.69. The first-order chi connectivity index (χ1) is 35.4. The Balaban J connectivity index is 0.926. The second-order valence-corrected chi connectivity index (χ2v) is 19.8. The van der Waals surface area contributed by atoms with Crippen LogP contribution in [0.25, 0.3) is 122 Å². The minimum absolute atomic E-state index is 0.166. The van der Waals surface area contributed by atoms with Crippen LogP contribution in [0.2, 0.25) is 0 Å². The van der Waals surface area contributed by atoms with Crippen molar-refractivity contribution in [3.63, 3.8) is 0 Å². The number of nitrogens with zero attached hydrogens (tertiary/aromatic N) is 5. The van der Waals surface area contributed by atoms with Crippen molar-refractivity contribution in [2.24, 2.45) is 0 Å². The molecule has 0 saturated carbocycles. The highest BCUT2D eigenvalue weighted by Gasteiger charge is 2.36. The third-order valence-corrected chi connectivity index (χ3v) is 15.3. The highest BCUT2D eigenvalue weighted by molar-refractivity contribution is 6.18. The predicted molar refractivity (Wildman–Crippen MR) is 293 cm³/mol. The molecule has 4 heterocycles. The standard InChI is InChI=1S/C66H45N5O/c1-66(2)56-27-14-12-25-48(56)51-36-52-50-31-29-44(43-30-32-62-54(34-43)55-37-53-49-26-13-15-28-58(49)70(46-22-10-5-11-23-46)61(53)39-63(55)72-62)35-59(50)71(60(52)38-57(51)66)47-24-16-21-45(33-47)65-67-64(42-19-8-4-9-20-42)68-69(65)40-41-17-6-3-7-18-41/h3-39H,40H2,1-2H3. The maximum atomic E-state index is 6.69. The Morgan fingerprint density at radius 2 is 1.07 bits per heavy atom. The molecule has 0 fully saturated rings. The van der Waals surface area contributed by atoms with E-state index in [4.69, 9.17) is 14.5 Å². The number of hydrogen-bond acceptors (Lipinski definition) is 2. The quantitative estimate of drug-likeness (QED) is 0.150. The van der Waals surface area contributed by atoms with E-state index in [0.717, 1.165) is 78.0 Å². The third kappa shape index (κ3) is 6.09. The van der Waals surface area contributed by atoms with E-state index in [1.165, 1.54) is 54.8 Å². The van der Waals surface area contributed by atoms with Crippen LogP contribution in [-0.2, 0) is 12.0 Å². The second kappa shape index (κ2) is 15.4. The van der Waals surface area contributed by atoms with E-state index in [-0.39, 0.29) is 5.41 Å². The van der Waals surface area contributed by atoms with Gasteiger partial charge in [0, 0.05) is 60.7 Å². The molecule has 0 bridgehead atoms. The molecule has 0 spiro atoms. The number of para-hydroxylation sites is 2. The number of aromatic nitrogens is 5. The molecule has 14 aromatic rings. The summed E-state index contributed by atoms with van der Waals surface area (Å²) in [6.07, 6.45) is 0. The van der Waals surface area contributed by atoms with Crippen LogP contribution >= 0.6 is 0 Å². The summed E-state index contributed by atoms with van der Waals surface area (Å²) in [5, 5.41) is 12.2. The van der Waals surface area contributed by atoms with Crippen molar-refractivity contribution in [1.29, 1.82) is 0 Å². The Labute approximate surface area is 415 Å². The minimum atomic E-state index is -0.166. The maximum Gasteiger partial charge on any atom is 0.334 e. The molecular formula is C66H45N5O. The first-order valence-electron chi connectivity index (χ1n) is 24.8. The molecule has 0 saturated heterocycles. The summed E-state index contributed by atoms with van der Waals surface area (Å²) in [4.78, 5) is 5.26. The highest BCUT2D eigenvalue weighted by atomic mass is 16.3. The zero-order valence-corrected chi connectivity index (χ0v) is 39.7. The van der Waals surface area contributed by atoms with Crippen molar-refractivity contribution >= 4 is 65.6 Å². The molecule has 1 aliphatic carbocycles. The predicted octanol–water partition coefficient (Wildman–Crippen LogP) is 15.8. The fourth-order valence-corrected chi connectivity index (χ4v) is 11.9. The summed E-state index contributed by atoms with van der Waals surface area (Å²) in [6.45, 7) is 5.32. The Morgan fingerprint density at radius 1 is 0.431 bits per heavy atom. The van der Waals surface area contributed by atoms with Gasteiger partial charge in [-0.3, -0.25) is 0 Å². The Morgan fingerprint density at radius 3 is 1.93 bits per heavy atom. The molecule has 0 aliphatic heterocycles. The summed E-state index contributed by atoms with van der Waals surface area (Å²) < 4.78 is 13.6. The monoisotopic (exact) mass is 923 g/mol. The van der Waals surface area contributed by atoms with Crippen LogP contribution in [0.1, 0.15) is 30.5 Å². The molecule has 72 heavy (non-hydrogen) atoms. The number of fused-ring (bicyclic) bond motifs is 12. The van der Waals surface area contributed by atoms with E-state index in [0.29, 0.717) is 12.4 Å². The van der Waals surface area contributed by atoms with Gasteiger partial charge in [-0.2, -0.15) is 0 Å². The van der Waals surface area contributed by atoms with Crippen LogP contribution in [0.5, 0.6) is 0 Å². The van der Waals surface area contributed by atoms with E-state index in [1.807, 2.05) is 18.2 Å². The van der Waals surface area contributed by atoms with Gasteiger partial charge < -0.3 is 13.6 Å².